The minimum Gasteiger partial charge on any atom is -0.480 e. The lowest BCUT2D eigenvalue weighted by molar-refractivity contribution is -0.127. The molecule has 3 aromatic rings. The number of hydrogen-bond acceptors (Lipinski definition) is 3. The van der Waals surface area contributed by atoms with Crippen LogP contribution in [0.4, 0.5) is 0 Å². The van der Waals surface area contributed by atoms with Crippen LogP contribution in [-0.2, 0) is 11.2 Å². The Morgan fingerprint density at radius 3 is 2.41 bits per heavy atom. The van der Waals surface area contributed by atoms with Gasteiger partial charge < -0.3 is 10.1 Å². The minimum atomic E-state index is -0.588. The van der Waals surface area contributed by atoms with Crippen LogP contribution in [-0.4, -0.2) is 17.0 Å². The van der Waals surface area contributed by atoms with Gasteiger partial charge in [0, 0.05) is 28.9 Å². The van der Waals surface area contributed by atoms with E-state index in [1.165, 1.54) is 0 Å². The Bertz CT molecular complexity index is 962. The first kappa shape index (κ1) is 17.8. The number of carbonyl (C=O) groups is 1. The van der Waals surface area contributed by atoms with E-state index in [2.05, 4.69) is 10.3 Å². The van der Waals surface area contributed by atoms with Gasteiger partial charge in [0.05, 0.1) is 6.04 Å². The van der Waals surface area contributed by atoms with Gasteiger partial charge in [0.2, 0.25) is 0 Å². The summed E-state index contributed by atoms with van der Waals surface area (Å²) in [4.78, 5) is 17.0. The molecule has 1 aromatic heterocycles. The van der Waals surface area contributed by atoms with E-state index in [0.29, 0.717) is 22.2 Å². The molecule has 1 N–H and O–H groups in total. The highest BCUT2D eigenvalue weighted by atomic mass is 35.5. The van der Waals surface area contributed by atoms with E-state index in [-0.39, 0.29) is 11.9 Å². The van der Waals surface area contributed by atoms with Crippen molar-refractivity contribution in [3.63, 3.8) is 0 Å². The maximum atomic E-state index is 12.9. The average molecular weight is 399 g/mol. The third-order valence-corrected chi connectivity index (χ3v) is 5.01. The summed E-state index contributed by atoms with van der Waals surface area (Å²) >= 11 is 12.0. The molecule has 2 heterocycles. The van der Waals surface area contributed by atoms with E-state index >= 15 is 0 Å². The number of amides is 1. The number of nitrogens with zero attached hydrogens (tertiary/aromatic N) is 1. The lowest BCUT2D eigenvalue weighted by atomic mass is 9.99. The Balaban J connectivity index is 1.57. The van der Waals surface area contributed by atoms with E-state index in [4.69, 9.17) is 27.9 Å². The number of ether oxygens (including phenoxy) is 1. The van der Waals surface area contributed by atoms with Crippen LogP contribution in [0.15, 0.2) is 67.0 Å². The second-order valence-corrected chi connectivity index (χ2v) is 7.21. The highest BCUT2D eigenvalue weighted by Crippen LogP contribution is 2.32. The molecule has 27 heavy (non-hydrogen) atoms. The minimum absolute atomic E-state index is 0.181. The summed E-state index contributed by atoms with van der Waals surface area (Å²) in [6.45, 7) is 0. The molecule has 1 aliphatic heterocycles. The first-order valence-corrected chi connectivity index (χ1v) is 9.26. The van der Waals surface area contributed by atoms with E-state index in [0.717, 1.165) is 16.7 Å². The Hall–Kier alpha value is -2.56. The standard InChI is InChI=1S/C21H16Cl2N2O2/c22-16-3-1-13(2-4-16)20(14-7-9-24-10-8-14)25-21(26)19-12-15-11-17(23)5-6-18(15)27-19/h1-11,19-20H,12H2,(H,25,26)/t19-,20-/m0/s1. The fraction of sp³-hybridized carbons (Fsp3) is 0.143. The molecule has 136 valence electrons. The fourth-order valence-corrected chi connectivity index (χ4v) is 3.49. The van der Waals surface area contributed by atoms with Crippen molar-refractivity contribution in [3.8, 4) is 5.75 Å². The lowest BCUT2D eigenvalue weighted by Crippen LogP contribution is -2.40. The van der Waals surface area contributed by atoms with Crippen LogP contribution in [0.5, 0.6) is 5.75 Å². The second kappa shape index (κ2) is 7.59. The van der Waals surface area contributed by atoms with Gasteiger partial charge in [-0.3, -0.25) is 9.78 Å². The molecule has 4 rings (SSSR count). The highest BCUT2D eigenvalue weighted by Gasteiger charge is 2.31. The van der Waals surface area contributed by atoms with E-state index in [1.54, 1.807) is 36.7 Å². The lowest BCUT2D eigenvalue weighted by Gasteiger charge is -2.21. The third-order valence-electron chi connectivity index (χ3n) is 4.52. The molecule has 0 saturated carbocycles. The summed E-state index contributed by atoms with van der Waals surface area (Å²) in [6.07, 6.45) is 3.31. The summed E-state index contributed by atoms with van der Waals surface area (Å²) in [5, 5.41) is 4.37. The van der Waals surface area contributed by atoms with Crippen LogP contribution < -0.4 is 10.1 Å². The van der Waals surface area contributed by atoms with Gasteiger partial charge in [-0.05, 0) is 59.2 Å². The van der Waals surface area contributed by atoms with Gasteiger partial charge in [0.1, 0.15) is 5.75 Å². The number of hydrogen-bond donors (Lipinski definition) is 1. The molecular formula is C21H16Cl2N2O2. The van der Waals surface area contributed by atoms with Gasteiger partial charge in [-0.1, -0.05) is 35.3 Å². The number of carbonyl (C=O) groups excluding carboxylic acids is 1. The quantitative estimate of drug-likeness (QED) is 0.698. The molecule has 6 heteroatoms. The van der Waals surface area contributed by atoms with Crippen molar-refractivity contribution in [2.24, 2.45) is 0 Å². The summed E-state index contributed by atoms with van der Waals surface area (Å²) in [5.74, 6) is 0.519. The molecule has 1 amide bonds. The molecule has 2 aromatic carbocycles. The van der Waals surface area contributed by atoms with Gasteiger partial charge in [-0.15, -0.1) is 0 Å². The predicted octanol–water partition coefficient (Wildman–Crippen LogP) is 4.60. The summed E-state index contributed by atoms with van der Waals surface area (Å²) in [7, 11) is 0. The number of rotatable bonds is 4. The number of fused-ring (bicyclic) bond motifs is 1. The monoisotopic (exact) mass is 398 g/mol. The molecule has 0 spiro atoms. The van der Waals surface area contributed by atoms with E-state index in [1.807, 2.05) is 30.3 Å². The smallest absolute Gasteiger partial charge is 0.262 e. The zero-order valence-electron chi connectivity index (χ0n) is 14.2. The maximum Gasteiger partial charge on any atom is 0.262 e. The van der Waals surface area contributed by atoms with Gasteiger partial charge in [-0.25, -0.2) is 0 Å². The van der Waals surface area contributed by atoms with Crippen molar-refractivity contribution in [3.05, 3.63) is 93.7 Å². The van der Waals surface area contributed by atoms with Crippen molar-refractivity contribution in [1.82, 2.24) is 10.3 Å². The Morgan fingerprint density at radius 2 is 1.67 bits per heavy atom. The van der Waals surface area contributed by atoms with Crippen molar-refractivity contribution < 1.29 is 9.53 Å². The van der Waals surface area contributed by atoms with Crippen molar-refractivity contribution >= 4 is 29.1 Å². The van der Waals surface area contributed by atoms with Crippen LogP contribution in [0.2, 0.25) is 10.0 Å². The highest BCUT2D eigenvalue weighted by molar-refractivity contribution is 6.30. The third kappa shape index (κ3) is 3.92. The van der Waals surface area contributed by atoms with E-state index in [9.17, 15) is 4.79 Å². The zero-order valence-corrected chi connectivity index (χ0v) is 15.7. The molecule has 2 atom stereocenters. The summed E-state index contributed by atoms with van der Waals surface area (Å²) in [5.41, 5.74) is 2.80. The predicted molar refractivity (Wildman–Crippen MR) is 105 cm³/mol. The van der Waals surface area contributed by atoms with Gasteiger partial charge in [-0.2, -0.15) is 0 Å². The molecule has 0 unspecified atom stereocenters. The molecule has 0 aliphatic carbocycles. The summed E-state index contributed by atoms with van der Waals surface area (Å²) in [6, 6.07) is 16.2. The number of nitrogens with one attached hydrogen (secondary N) is 1. The molecule has 0 radical (unpaired) electrons. The largest absolute Gasteiger partial charge is 0.480 e. The molecule has 1 aliphatic rings. The first-order chi connectivity index (χ1) is 13.1. The number of benzene rings is 2. The topological polar surface area (TPSA) is 51.2 Å². The Kier molecular flexibility index (Phi) is 5.01. The first-order valence-electron chi connectivity index (χ1n) is 8.51. The molecule has 0 saturated heterocycles. The Labute approximate surface area is 167 Å². The molecule has 0 bridgehead atoms. The normalized spacial score (nSPS) is 16.3. The van der Waals surface area contributed by atoms with Crippen molar-refractivity contribution in [2.75, 3.05) is 0 Å². The van der Waals surface area contributed by atoms with Crippen LogP contribution in [0.3, 0.4) is 0 Å². The SMILES string of the molecule is O=C(N[C@H](c1ccncc1)c1ccc(Cl)cc1)[C@@H]1Cc2cc(Cl)ccc2O1. The van der Waals surface area contributed by atoms with Crippen LogP contribution >= 0.6 is 23.2 Å². The zero-order chi connectivity index (χ0) is 18.8. The van der Waals surface area contributed by atoms with E-state index < -0.39 is 6.10 Å². The van der Waals surface area contributed by atoms with Crippen LogP contribution in [0, 0.1) is 0 Å². The fourth-order valence-electron chi connectivity index (χ4n) is 3.17. The number of pyridine rings is 1. The van der Waals surface area contributed by atoms with Crippen LogP contribution in [0.25, 0.3) is 0 Å². The Morgan fingerprint density at radius 1 is 1.00 bits per heavy atom. The van der Waals surface area contributed by atoms with Crippen molar-refractivity contribution in [2.45, 2.75) is 18.6 Å². The van der Waals surface area contributed by atoms with Gasteiger partial charge in [0.25, 0.3) is 5.91 Å². The van der Waals surface area contributed by atoms with Gasteiger partial charge >= 0.3 is 0 Å². The average Bonchev–Trinajstić information content (AvgIpc) is 3.11. The number of halogens is 2. The van der Waals surface area contributed by atoms with Crippen LogP contribution in [0.1, 0.15) is 22.7 Å². The maximum absolute atomic E-state index is 12.9. The molecule has 4 nitrogen and oxygen atoms in total. The van der Waals surface area contributed by atoms with Crippen molar-refractivity contribution in [1.29, 1.82) is 0 Å². The number of aromatic nitrogens is 1. The second-order valence-electron chi connectivity index (χ2n) is 6.34. The van der Waals surface area contributed by atoms with Gasteiger partial charge in [0.15, 0.2) is 6.10 Å². The molecular weight excluding hydrogens is 383 g/mol. The summed E-state index contributed by atoms with van der Waals surface area (Å²) < 4.78 is 5.81. The molecule has 0 fully saturated rings.